The normalized spacial score (nSPS) is 17.1. The first-order chi connectivity index (χ1) is 8.11. The molecule has 6 nitrogen and oxygen atoms in total. The zero-order valence-corrected chi connectivity index (χ0v) is 8.88. The van der Waals surface area contributed by atoms with Crippen molar-refractivity contribution < 1.29 is 9.59 Å². The zero-order valence-electron chi connectivity index (χ0n) is 8.88. The second-order valence-electron chi connectivity index (χ2n) is 3.67. The van der Waals surface area contributed by atoms with E-state index in [9.17, 15) is 9.59 Å². The molecule has 1 aliphatic heterocycles. The molecule has 0 aromatic heterocycles. The summed E-state index contributed by atoms with van der Waals surface area (Å²) >= 11 is 0. The molecule has 6 heteroatoms. The standard InChI is InChI=1S/C11H10N4O2/c12-5-9-6-15(9)10(16)7-1-3-8(4-2-7)14-11(13)17/h1-4,9H,6H2,(H3,13,14,17). The second-order valence-corrected chi connectivity index (χ2v) is 3.67. The van der Waals surface area contributed by atoms with Gasteiger partial charge in [-0.1, -0.05) is 0 Å². The average Bonchev–Trinajstić information content (AvgIpc) is 3.07. The Morgan fingerprint density at radius 2 is 2.06 bits per heavy atom. The SMILES string of the molecule is N#CC1CN1C(=O)c1ccc(NC(N)=O)cc1. The number of nitriles is 1. The van der Waals surface area contributed by atoms with Crippen molar-refractivity contribution in [2.45, 2.75) is 6.04 Å². The van der Waals surface area contributed by atoms with Gasteiger partial charge in [-0.2, -0.15) is 5.26 Å². The minimum Gasteiger partial charge on any atom is -0.351 e. The molecule has 0 spiro atoms. The van der Waals surface area contributed by atoms with E-state index < -0.39 is 6.03 Å². The Morgan fingerprint density at radius 1 is 1.41 bits per heavy atom. The molecule has 1 saturated heterocycles. The van der Waals surface area contributed by atoms with Gasteiger partial charge in [-0.3, -0.25) is 4.79 Å². The second kappa shape index (κ2) is 4.14. The fraction of sp³-hybridized carbons (Fsp3) is 0.182. The van der Waals surface area contributed by atoms with Gasteiger partial charge in [0.2, 0.25) is 0 Å². The van der Waals surface area contributed by atoms with E-state index in [1.54, 1.807) is 24.3 Å². The highest BCUT2D eigenvalue weighted by Gasteiger charge is 2.38. The van der Waals surface area contributed by atoms with Gasteiger partial charge < -0.3 is 16.0 Å². The van der Waals surface area contributed by atoms with E-state index in [1.165, 1.54) is 4.90 Å². The first-order valence-corrected chi connectivity index (χ1v) is 4.99. The molecule has 0 radical (unpaired) electrons. The third-order valence-electron chi connectivity index (χ3n) is 2.42. The predicted octanol–water partition coefficient (Wildman–Crippen LogP) is 0.525. The van der Waals surface area contributed by atoms with Crippen LogP contribution >= 0.6 is 0 Å². The number of amides is 3. The lowest BCUT2D eigenvalue weighted by atomic mass is 10.2. The van der Waals surface area contributed by atoms with Crippen LogP contribution in [0.5, 0.6) is 0 Å². The Labute approximate surface area is 97.6 Å². The molecule has 1 atom stereocenters. The lowest BCUT2D eigenvalue weighted by Crippen LogP contribution is -2.19. The van der Waals surface area contributed by atoms with E-state index >= 15 is 0 Å². The largest absolute Gasteiger partial charge is 0.351 e. The van der Waals surface area contributed by atoms with Crippen LogP contribution in [0.15, 0.2) is 24.3 Å². The molecule has 0 bridgehead atoms. The molecule has 17 heavy (non-hydrogen) atoms. The zero-order chi connectivity index (χ0) is 12.4. The van der Waals surface area contributed by atoms with Gasteiger partial charge in [0.25, 0.3) is 5.91 Å². The Morgan fingerprint density at radius 3 is 2.53 bits per heavy atom. The number of benzene rings is 1. The van der Waals surface area contributed by atoms with Crippen LogP contribution in [0.2, 0.25) is 0 Å². The van der Waals surface area contributed by atoms with Crippen LogP contribution in [0.3, 0.4) is 0 Å². The van der Waals surface area contributed by atoms with Crippen LogP contribution in [0, 0.1) is 11.3 Å². The number of rotatable bonds is 2. The lowest BCUT2D eigenvalue weighted by Gasteiger charge is -2.04. The monoisotopic (exact) mass is 230 g/mol. The van der Waals surface area contributed by atoms with Crippen LogP contribution in [0.4, 0.5) is 10.5 Å². The number of nitrogens with zero attached hydrogens (tertiary/aromatic N) is 2. The molecule has 1 aromatic carbocycles. The third kappa shape index (κ3) is 2.34. The molecular formula is C11H10N4O2. The quantitative estimate of drug-likeness (QED) is 0.724. The third-order valence-corrected chi connectivity index (χ3v) is 2.42. The van der Waals surface area contributed by atoms with Crippen LogP contribution in [0.25, 0.3) is 0 Å². The molecule has 86 valence electrons. The van der Waals surface area contributed by atoms with Crippen molar-refractivity contribution in [3.8, 4) is 6.07 Å². The molecule has 1 aliphatic rings. The Hall–Kier alpha value is -2.55. The van der Waals surface area contributed by atoms with Gasteiger partial charge in [-0.15, -0.1) is 0 Å². The summed E-state index contributed by atoms with van der Waals surface area (Å²) in [6.45, 7) is 0.483. The number of nitrogens with one attached hydrogen (secondary N) is 1. The minimum absolute atomic E-state index is 0.179. The molecule has 0 aliphatic carbocycles. The number of primary amides is 1. The van der Waals surface area contributed by atoms with Gasteiger partial charge in [0, 0.05) is 11.3 Å². The van der Waals surface area contributed by atoms with Crippen LogP contribution < -0.4 is 11.1 Å². The first-order valence-electron chi connectivity index (χ1n) is 4.99. The number of anilines is 1. The summed E-state index contributed by atoms with van der Waals surface area (Å²) in [6.07, 6.45) is 0. The van der Waals surface area contributed by atoms with Crippen molar-refractivity contribution in [3.63, 3.8) is 0 Å². The van der Waals surface area contributed by atoms with Crippen LogP contribution in [-0.2, 0) is 0 Å². The summed E-state index contributed by atoms with van der Waals surface area (Å²) in [5.41, 5.74) is 5.96. The maximum absolute atomic E-state index is 11.8. The maximum atomic E-state index is 11.8. The van der Waals surface area contributed by atoms with Gasteiger partial charge in [0.15, 0.2) is 0 Å². The summed E-state index contributed by atoms with van der Waals surface area (Å²) in [5, 5.41) is 11.0. The molecule has 1 heterocycles. The van der Waals surface area contributed by atoms with Gasteiger partial charge in [0.1, 0.15) is 6.04 Å². The summed E-state index contributed by atoms with van der Waals surface area (Å²) in [6, 6.07) is 7.40. The van der Waals surface area contributed by atoms with Crippen LogP contribution in [0.1, 0.15) is 10.4 Å². The van der Waals surface area contributed by atoms with E-state index in [-0.39, 0.29) is 11.9 Å². The fourth-order valence-corrected chi connectivity index (χ4v) is 1.48. The van der Waals surface area contributed by atoms with Crippen molar-refractivity contribution in [1.82, 2.24) is 4.90 Å². The summed E-state index contributed by atoms with van der Waals surface area (Å²) in [7, 11) is 0. The Bertz CT molecular complexity index is 503. The minimum atomic E-state index is -0.653. The molecule has 1 fully saturated rings. The molecule has 2 rings (SSSR count). The molecule has 1 aromatic rings. The number of hydrogen-bond acceptors (Lipinski definition) is 3. The molecular weight excluding hydrogens is 220 g/mol. The lowest BCUT2D eigenvalue weighted by molar-refractivity contribution is 0.0879. The smallest absolute Gasteiger partial charge is 0.316 e. The van der Waals surface area contributed by atoms with Gasteiger partial charge in [0.05, 0.1) is 12.6 Å². The first kappa shape index (κ1) is 11.0. The fourth-order valence-electron chi connectivity index (χ4n) is 1.48. The Balaban J connectivity index is 2.06. The van der Waals surface area contributed by atoms with Crippen molar-refractivity contribution in [2.24, 2.45) is 5.73 Å². The van der Waals surface area contributed by atoms with Gasteiger partial charge >= 0.3 is 6.03 Å². The van der Waals surface area contributed by atoms with Gasteiger partial charge in [-0.25, -0.2) is 4.79 Å². The number of carbonyl (C=O) groups excluding carboxylic acids is 2. The van der Waals surface area contributed by atoms with E-state index in [0.29, 0.717) is 17.8 Å². The summed E-state index contributed by atoms with van der Waals surface area (Å²) < 4.78 is 0. The molecule has 3 N–H and O–H groups in total. The highest BCUT2D eigenvalue weighted by molar-refractivity contribution is 5.97. The van der Waals surface area contributed by atoms with Crippen molar-refractivity contribution in [3.05, 3.63) is 29.8 Å². The van der Waals surface area contributed by atoms with E-state index in [4.69, 9.17) is 11.0 Å². The van der Waals surface area contributed by atoms with Crippen molar-refractivity contribution >= 4 is 17.6 Å². The number of urea groups is 1. The molecule has 3 amide bonds. The van der Waals surface area contributed by atoms with Crippen molar-refractivity contribution in [1.29, 1.82) is 5.26 Å². The topological polar surface area (TPSA) is 99.0 Å². The number of nitrogens with two attached hydrogens (primary N) is 1. The summed E-state index contributed by atoms with van der Waals surface area (Å²) in [5.74, 6) is -0.179. The van der Waals surface area contributed by atoms with E-state index in [2.05, 4.69) is 5.32 Å². The number of hydrogen-bond donors (Lipinski definition) is 2. The maximum Gasteiger partial charge on any atom is 0.316 e. The highest BCUT2D eigenvalue weighted by atomic mass is 16.2. The van der Waals surface area contributed by atoms with E-state index in [1.807, 2.05) is 6.07 Å². The molecule has 0 saturated carbocycles. The summed E-state index contributed by atoms with van der Waals surface area (Å²) in [4.78, 5) is 23.8. The van der Waals surface area contributed by atoms with Crippen molar-refractivity contribution in [2.75, 3.05) is 11.9 Å². The van der Waals surface area contributed by atoms with Crippen LogP contribution in [-0.4, -0.2) is 29.4 Å². The average molecular weight is 230 g/mol. The predicted molar refractivity (Wildman–Crippen MR) is 60.1 cm³/mol. The number of carbonyl (C=O) groups is 2. The highest BCUT2D eigenvalue weighted by Crippen LogP contribution is 2.21. The molecule has 1 unspecified atom stereocenters. The van der Waals surface area contributed by atoms with Gasteiger partial charge in [-0.05, 0) is 24.3 Å². The van der Waals surface area contributed by atoms with E-state index in [0.717, 1.165) is 0 Å². The Kier molecular flexibility index (Phi) is 2.66.